The Morgan fingerprint density at radius 1 is 1.35 bits per heavy atom. The fourth-order valence-corrected chi connectivity index (χ4v) is 6.12. The third kappa shape index (κ3) is 7.16. The van der Waals surface area contributed by atoms with E-state index in [-0.39, 0.29) is 29.6 Å². The maximum atomic E-state index is 12.7. The first-order valence-electron chi connectivity index (χ1n) is 11.9. The fraction of sp³-hybridized carbons (Fsp3) is 0.423. The Balaban J connectivity index is 1.84. The van der Waals surface area contributed by atoms with Gasteiger partial charge in [-0.3, -0.25) is 14.9 Å². The van der Waals surface area contributed by atoms with E-state index >= 15 is 0 Å². The molecule has 0 fully saturated rings. The van der Waals surface area contributed by atoms with E-state index in [9.17, 15) is 19.1 Å². The number of hydrogen-bond donors (Lipinski definition) is 1. The summed E-state index contributed by atoms with van der Waals surface area (Å²) in [5.74, 6) is -0.929. The maximum Gasteiger partial charge on any atom is 0.311 e. The summed E-state index contributed by atoms with van der Waals surface area (Å²) in [7, 11) is -1.73. The lowest BCUT2D eigenvalue weighted by atomic mass is 9.79. The van der Waals surface area contributed by atoms with Crippen molar-refractivity contribution in [3.05, 3.63) is 80.4 Å². The van der Waals surface area contributed by atoms with Crippen LogP contribution in [0, 0.1) is 16.0 Å². The van der Waals surface area contributed by atoms with Gasteiger partial charge in [0.05, 0.1) is 4.92 Å². The van der Waals surface area contributed by atoms with Crippen LogP contribution in [-0.2, 0) is 26.7 Å². The Morgan fingerprint density at radius 2 is 2.11 bits per heavy atom. The molecule has 0 spiro atoms. The smallest absolute Gasteiger partial charge is 0.311 e. The van der Waals surface area contributed by atoms with Crippen LogP contribution in [0.15, 0.2) is 52.9 Å². The number of nitrogens with zero attached hydrogens (tertiary/aromatic N) is 2. The van der Waals surface area contributed by atoms with Gasteiger partial charge in [0, 0.05) is 29.5 Å². The number of carbonyl (C=O) groups is 1. The fourth-order valence-electron chi connectivity index (χ4n) is 4.52. The molecule has 37 heavy (non-hydrogen) atoms. The molecular formula is C26H32ClN3O6S. The minimum atomic E-state index is -3.31. The topological polar surface area (TPSA) is 134 Å². The molecule has 1 aliphatic carbocycles. The number of nitro groups is 1. The number of allylic oxidation sites excluding steroid dienone is 2. The molecule has 0 heterocycles. The van der Waals surface area contributed by atoms with Crippen LogP contribution in [0.2, 0.25) is 5.02 Å². The molecule has 1 unspecified atom stereocenters. The van der Waals surface area contributed by atoms with Crippen LogP contribution < -0.4 is 9.88 Å². The Labute approximate surface area is 222 Å². The summed E-state index contributed by atoms with van der Waals surface area (Å²) in [6.07, 6.45) is 6.79. The predicted molar refractivity (Wildman–Crippen MR) is 144 cm³/mol. The van der Waals surface area contributed by atoms with Crippen LogP contribution in [-0.4, -0.2) is 34.5 Å². The second-order valence-electron chi connectivity index (χ2n) is 9.24. The summed E-state index contributed by atoms with van der Waals surface area (Å²) in [4.78, 5) is 23.8. The summed E-state index contributed by atoms with van der Waals surface area (Å²) in [5, 5.41) is 18.2. The first-order chi connectivity index (χ1) is 17.5. The van der Waals surface area contributed by atoms with Gasteiger partial charge in [0.1, 0.15) is 22.1 Å². The average Bonchev–Trinajstić information content (AvgIpc) is 2.85. The first kappa shape index (κ1) is 28.8. The van der Waals surface area contributed by atoms with E-state index in [2.05, 4.69) is 4.36 Å². The molecule has 200 valence electrons. The monoisotopic (exact) mass is 549 g/mol. The first-order valence-corrected chi connectivity index (χ1v) is 14.1. The van der Waals surface area contributed by atoms with Gasteiger partial charge in [0.15, 0.2) is 5.75 Å². The summed E-state index contributed by atoms with van der Waals surface area (Å²) >= 11 is 6.16. The highest BCUT2D eigenvalue weighted by Gasteiger charge is 2.38. The van der Waals surface area contributed by atoms with Crippen LogP contribution in [0.25, 0.3) is 0 Å². The van der Waals surface area contributed by atoms with Gasteiger partial charge in [0.25, 0.3) is 5.91 Å². The van der Waals surface area contributed by atoms with Crippen molar-refractivity contribution in [2.75, 3.05) is 19.5 Å². The predicted octanol–water partition coefficient (Wildman–Crippen LogP) is 5.59. The largest absolute Gasteiger partial charge is 0.483 e. The van der Waals surface area contributed by atoms with Gasteiger partial charge >= 0.3 is 5.69 Å². The maximum absolute atomic E-state index is 12.7. The normalized spacial score (nSPS) is 19.6. The lowest BCUT2D eigenvalue weighted by Crippen LogP contribution is -2.39. The number of fused-ring (bicyclic) bond motifs is 1. The lowest BCUT2D eigenvalue weighted by Gasteiger charge is -2.37. The Morgan fingerprint density at radius 3 is 2.78 bits per heavy atom. The standard InChI is InChI=1S/C26H32ClN3O6S/c1-4-5-7-18(2)16-37(28,34)29-25(31)20-9-12-24(23(15-20)30(32)33)36-17-26(35-3)13-6-8-19-14-21(27)10-11-22(19)26/h4-5,9-12,14-15,18H,6-8,13,16-17H2,1-3H3,(H2,28,29,31,34)/b5-4-/t18-,26-,37?/m0/s1. The van der Waals surface area contributed by atoms with Crippen molar-refractivity contribution < 1.29 is 23.4 Å². The van der Waals surface area contributed by atoms with Crippen molar-refractivity contribution in [3.8, 4) is 5.75 Å². The van der Waals surface area contributed by atoms with Gasteiger partial charge in [-0.15, -0.1) is 4.36 Å². The minimum Gasteiger partial charge on any atom is -0.483 e. The van der Waals surface area contributed by atoms with Crippen LogP contribution in [0.5, 0.6) is 5.75 Å². The minimum absolute atomic E-state index is 0.0208. The van der Waals surface area contributed by atoms with Crippen molar-refractivity contribution in [1.82, 2.24) is 0 Å². The Kier molecular flexibility index (Phi) is 9.46. The van der Waals surface area contributed by atoms with Gasteiger partial charge in [-0.05, 0) is 73.9 Å². The molecule has 1 amide bonds. The summed E-state index contributed by atoms with van der Waals surface area (Å²) in [6, 6.07) is 9.32. The zero-order chi connectivity index (χ0) is 27.2. The second kappa shape index (κ2) is 12.2. The number of rotatable bonds is 10. The third-order valence-corrected chi connectivity index (χ3v) is 8.13. The SMILES string of the molecule is C/C=C\C[C@H](C)CS(N)(=O)=NC(=O)c1ccc(OC[C@@]2(OC)CCCc3cc(Cl)ccc32)c([N+](=O)[O-])c1. The van der Waals surface area contributed by atoms with E-state index in [1.54, 1.807) is 13.2 Å². The number of halogens is 1. The number of benzene rings is 2. The quantitative estimate of drug-likeness (QED) is 0.233. The zero-order valence-corrected chi connectivity index (χ0v) is 22.7. The van der Waals surface area contributed by atoms with Crippen molar-refractivity contribution in [1.29, 1.82) is 0 Å². The molecule has 2 N–H and O–H groups in total. The number of amides is 1. The van der Waals surface area contributed by atoms with Crippen LogP contribution >= 0.6 is 11.6 Å². The van der Waals surface area contributed by atoms with Gasteiger partial charge in [-0.1, -0.05) is 36.7 Å². The summed E-state index contributed by atoms with van der Waals surface area (Å²) in [6.45, 7) is 3.76. The molecule has 11 heteroatoms. The lowest BCUT2D eigenvalue weighted by molar-refractivity contribution is -0.386. The number of carbonyl (C=O) groups excluding carboxylic acids is 1. The van der Waals surface area contributed by atoms with E-state index in [0.29, 0.717) is 17.9 Å². The number of methoxy groups -OCH3 is 1. The van der Waals surface area contributed by atoms with Crippen molar-refractivity contribution in [2.24, 2.45) is 15.4 Å². The van der Waals surface area contributed by atoms with Gasteiger partial charge in [0.2, 0.25) is 0 Å². The average molecular weight is 550 g/mol. The van der Waals surface area contributed by atoms with E-state index in [4.69, 9.17) is 26.2 Å². The number of ether oxygens (including phenoxy) is 2. The Bertz CT molecular complexity index is 1320. The highest BCUT2D eigenvalue weighted by molar-refractivity contribution is 7.91. The zero-order valence-electron chi connectivity index (χ0n) is 21.1. The summed E-state index contributed by atoms with van der Waals surface area (Å²) < 4.78 is 28.2. The number of nitro benzene ring substituents is 1. The van der Waals surface area contributed by atoms with E-state index in [1.807, 2.05) is 38.1 Å². The third-order valence-electron chi connectivity index (χ3n) is 6.37. The summed E-state index contributed by atoms with van der Waals surface area (Å²) in [5.41, 5.74) is 0.665. The number of aryl methyl sites for hydroxylation is 1. The van der Waals surface area contributed by atoms with E-state index < -0.39 is 32.0 Å². The molecule has 0 saturated heterocycles. The van der Waals surface area contributed by atoms with Gasteiger partial charge < -0.3 is 9.47 Å². The molecule has 3 rings (SSSR count). The van der Waals surface area contributed by atoms with Crippen molar-refractivity contribution in [3.63, 3.8) is 0 Å². The Hall–Kier alpha value is -2.79. The highest BCUT2D eigenvalue weighted by atomic mass is 35.5. The van der Waals surface area contributed by atoms with Crippen molar-refractivity contribution in [2.45, 2.75) is 45.1 Å². The number of hydrogen-bond acceptors (Lipinski definition) is 6. The molecular weight excluding hydrogens is 518 g/mol. The van der Waals surface area contributed by atoms with Crippen LogP contribution in [0.1, 0.15) is 54.6 Å². The molecule has 0 aromatic heterocycles. The van der Waals surface area contributed by atoms with Gasteiger partial charge in [-0.25, -0.2) is 9.35 Å². The van der Waals surface area contributed by atoms with E-state index in [1.165, 1.54) is 12.1 Å². The molecule has 3 atom stereocenters. The van der Waals surface area contributed by atoms with Crippen molar-refractivity contribution >= 4 is 33.1 Å². The van der Waals surface area contributed by atoms with E-state index in [0.717, 1.165) is 30.0 Å². The molecule has 0 radical (unpaired) electrons. The molecule has 1 aliphatic rings. The molecule has 2 aromatic carbocycles. The van der Waals surface area contributed by atoms with Crippen LogP contribution in [0.3, 0.4) is 0 Å². The van der Waals surface area contributed by atoms with Crippen LogP contribution in [0.4, 0.5) is 5.69 Å². The molecule has 0 aliphatic heterocycles. The molecule has 9 nitrogen and oxygen atoms in total. The number of nitrogens with two attached hydrogens (primary N) is 1. The molecule has 0 saturated carbocycles. The highest BCUT2D eigenvalue weighted by Crippen LogP contribution is 2.40. The molecule has 0 bridgehead atoms. The van der Waals surface area contributed by atoms with Gasteiger partial charge in [-0.2, -0.15) is 0 Å². The molecule has 2 aromatic rings. The second-order valence-corrected chi connectivity index (χ2v) is 11.6.